The number of carboxylic acids is 1. The lowest BCUT2D eigenvalue weighted by Crippen LogP contribution is -2.45. The minimum Gasteiger partial charge on any atom is -0.481 e. The number of benzene rings is 1. The van der Waals surface area contributed by atoms with Crippen LogP contribution in [0, 0.1) is 11.3 Å². The fourth-order valence-electron chi connectivity index (χ4n) is 3.81. The Morgan fingerprint density at radius 3 is 2.91 bits per heavy atom. The zero-order valence-corrected chi connectivity index (χ0v) is 12.6. The van der Waals surface area contributed by atoms with Gasteiger partial charge in [0.2, 0.25) is 0 Å². The Labute approximate surface area is 133 Å². The van der Waals surface area contributed by atoms with E-state index in [1.54, 1.807) is 4.90 Å². The molecule has 1 aromatic heterocycles. The predicted molar refractivity (Wildman–Crippen MR) is 83.2 cm³/mol. The summed E-state index contributed by atoms with van der Waals surface area (Å²) in [4.78, 5) is 29.4. The van der Waals surface area contributed by atoms with Gasteiger partial charge in [-0.05, 0) is 18.6 Å². The Morgan fingerprint density at radius 2 is 2.17 bits per heavy atom. The SMILES string of the molecule is O=C(c1cc2ccccc2[nH]1)N1C[C@H]2COCC[C@@]2(C(=O)O)C1. The van der Waals surface area contributed by atoms with Gasteiger partial charge in [-0.25, -0.2) is 0 Å². The van der Waals surface area contributed by atoms with Crippen LogP contribution in [0.4, 0.5) is 0 Å². The number of carbonyl (C=O) groups excluding carboxylic acids is 1. The molecule has 2 aliphatic heterocycles. The number of aliphatic carboxylic acids is 1. The molecule has 3 heterocycles. The summed E-state index contributed by atoms with van der Waals surface area (Å²) in [6.07, 6.45) is 0.462. The summed E-state index contributed by atoms with van der Waals surface area (Å²) < 4.78 is 5.43. The number of H-pyrrole nitrogens is 1. The molecule has 0 saturated carbocycles. The van der Waals surface area contributed by atoms with Crippen LogP contribution < -0.4 is 0 Å². The van der Waals surface area contributed by atoms with Crippen molar-refractivity contribution < 1.29 is 19.4 Å². The summed E-state index contributed by atoms with van der Waals surface area (Å²) in [5, 5.41) is 10.7. The average Bonchev–Trinajstić information content (AvgIpc) is 3.16. The number of aromatic nitrogens is 1. The Bertz CT molecular complexity index is 751. The highest BCUT2D eigenvalue weighted by molar-refractivity contribution is 5.98. The number of rotatable bonds is 2. The van der Waals surface area contributed by atoms with Crippen molar-refractivity contribution in [1.29, 1.82) is 0 Å². The normalized spacial score (nSPS) is 27.1. The van der Waals surface area contributed by atoms with Crippen molar-refractivity contribution >= 4 is 22.8 Å². The largest absolute Gasteiger partial charge is 0.481 e. The predicted octanol–water partition coefficient (Wildman–Crippen LogP) is 1.73. The first-order chi connectivity index (χ1) is 11.1. The van der Waals surface area contributed by atoms with Gasteiger partial charge in [0, 0.05) is 36.5 Å². The fraction of sp³-hybridized carbons (Fsp3) is 0.412. The number of nitrogens with one attached hydrogen (secondary N) is 1. The van der Waals surface area contributed by atoms with Crippen molar-refractivity contribution in [2.75, 3.05) is 26.3 Å². The molecule has 2 N–H and O–H groups in total. The number of amides is 1. The molecule has 0 bridgehead atoms. The van der Waals surface area contributed by atoms with Crippen LogP contribution in [0.2, 0.25) is 0 Å². The summed E-state index contributed by atoms with van der Waals surface area (Å²) in [5.74, 6) is -1.10. The minimum absolute atomic E-state index is 0.137. The van der Waals surface area contributed by atoms with E-state index in [1.807, 2.05) is 30.3 Å². The van der Waals surface area contributed by atoms with Gasteiger partial charge in [0.1, 0.15) is 5.69 Å². The Morgan fingerprint density at radius 1 is 1.35 bits per heavy atom. The lowest BCUT2D eigenvalue weighted by Gasteiger charge is -2.33. The van der Waals surface area contributed by atoms with Gasteiger partial charge < -0.3 is 19.7 Å². The summed E-state index contributed by atoms with van der Waals surface area (Å²) in [6, 6.07) is 9.52. The molecular formula is C17H18N2O4. The molecule has 1 amide bonds. The molecular weight excluding hydrogens is 296 g/mol. The van der Waals surface area contributed by atoms with Crippen molar-refractivity contribution in [3.05, 3.63) is 36.0 Å². The fourth-order valence-corrected chi connectivity index (χ4v) is 3.81. The van der Waals surface area contributed by atoms with Crippen molar-refractivity contribution in [2.24, 2.45) is 11.3 Å². The van der Waals surface area contributed by atoms with Gasteiger partial charge in [0.15, 0.2) is 0 Å². The molecule has 2 fully saturated rings. The van der Waals surface area contributed by atoms with E-state index in [-0.39, 0.29) is 18.4 Å². The summed E-state index contributed by atoms with van der Waals surface area (Å²) in [6.45, 7) is 1.53. The van der Waals surface area contributed by atoms with E-state index in [1.165, 1.54) is 0 Å². The summed E-state index contributed by atoms with van der Waals surface area (Å²) >= 11 is 0. The molecule has 2 saturated heterocycles. The van der Waals surface area contributed by atoms with E-state index in [0.717, 1.165) is 10.9 Å². The highest BCUT2D eigenvalue weighted by Crippen LogP contribution is 2.42. The number of ether oxygens (including phenoxy) is 1. The quantitative estimate of drug-likeness (QED) is 0.884. The highest BCUT2D eigenvalue weighted by Gasteiger charge is 2.55. The molecule has 4 rings (SSSR count). The molecule has 23 heavy (non-hydrogen) atoms. The number of aromatic amines is 1. The molecule has 2 aliphatic rings. The van der Waals surface area contributed by atoms with E-state index in [4.69, 9.17) is 4.74 Å². The smallest absolute Gasteiger partial charge is 0.311 e. The molecule has 2 atom stereocenters. The second-order valence-electron chi connectivity index (χ2n) is 6.44. The number of hydrogen-bond donors (Lipinski definition) is 2. The topological polar surface area (TPSA) is 82.6 Å². The molecule has 0 spiro atoms. The first-order valence-electron chi connectivity index (χ1n) is 7.78. The third-order valence-corrected chi connectivity index (χ3v) is 5.18. The minimum atomic E-state index is -0.861. The average molecular weight is 314 g/mol. The molecule has 6 heteroatoms. The van der Waals surface area contributed by atoms with Crippen LogP contribution in [0.1, 0.15) is 16.9 Å². The second-order valence-corrected chi connectivity index (χ2v) is 6.44. The van der Waals surface area contributed by atoms with Crippen molar-refractivity contribution in [3.63, 3.8) is 0 Å². The molecule has 6 nitrogen and oxygen atoms in total. The Hall–Kier alpha value is -2.34. The molecule has 0 unspecified atom stereocenters. The third kappa shape index (κ3) is 2.13. The first kappa shape index (κ1) is 14.3. The lowest BCUT2D eigenvalue weighted by atomic mass is 9.74. The number of hydrogen-bond acceptors (Lipinski definition) is 3. The van der Waals surface area contributed by atoms with E-state index in [2.05, 4.69) is 4.98 Å². The maximum absolute atomic E-state index is 12.8. The number of carbonyl (C=O) groups is 2. The van der Waals surface area contributed by atoms with Gasteiger partial charge in [-0.15, -0.1) is 0 Å². The second kappa shape index (κ2) is 5.09. The molecule has 120 valence electrons. The Kier molecular flexibility index (Phi) is 3.16. The van der Waals surface area contributed by atoms with Crippen LogP contribution in [-0.2, 0) is 9.53 Å². The molecule has 2 aromatic rings. The number of fused-ring (bicyclic) bond motifs is 2. The van der Waals surface area contributed by atoms with Crippen LogP contribution >= 0.6 is 0 Å². The van der Waals surface area contributed by atoms with E-state index in [9.17, 15) is 14.7 Å². The van der Waals surface area contributed by atoms with Crippen LogP contribution in [0.15, 0.2) is 30.3 Å². The molecule has 0 radical (unpaired) electrons. The van der Waals surface area contributed by atoms with Crippen LogP contribution in [0.3, 0.4) is 0 Å². The number of likely N-dealkylation sites (tertiary alicyclic amines) is 1. The van der Waals surface area contributed by atoms with Gasteiger partial charge in [0.05, 0.1) is 12.0 Å². The lowest BCUT2D eigenvalue weighted by molar-refractivity contribution is -0.157. The van der Waals surface area contributed by atoms with Crippen molar-refractivity contribution in [3.8, 4) is 0 Å². The highest BCUT2D eigenvalue weighted by atomic mass is 16.5. The Balaban J connectivity index is 1.63. The summed E-state index contributed by atoms with van der Waals surface area (Å²) in [5.41, 5.74) is 0.551. The van der Waals surface area contributed by atoms with Crippen LogP contribution in [0.5, 0.6) is 0 Å². The number of carboxylic acid groups (broad SMARTS) is 1. The zero-order valence-electron chi connectivity index (χ0n) is 12.6. The first-order valence-corrected chi connectivity index (χ1v) is 7.78. The van der Waals surface area contributed by atoms with Gasteiger partial charge >= 0.3 is 5.97 Å². The van der Waals surface area contributed by atoms with E-state index in [0.29, 0.717) is 31.9 Å². The van der Waals surface area contributed by atoms with Crippen LogP contribution in [0.25, 0.3) is 10.9 Å². The van der Waals surface area contributed by atoms with E-state index < -0.39 is 11.4 Å². The van der Waals surface area contributed by atoms with Gasteiger partial charge in [-0.1, -0.05) is 18.2 Å². The van der Waals surface area contributed by atoms with Crippen LogP contribution in [-0.4, -0.2) is 53.2 Å². The standard InChI is InChI=1S/C17H18N2O4/c20-15(14-7-11-3-1-2-4-13(11)18-14)19-8-12-9-23-6-5-17(12,10-19)16(21)22/h1-4,7,12,18H,5-6,8-10H2,(H,21,22)/t12-,17+/m0/s1. The van der Waals surface area contributed by atoms with Crippen molar-refractivity contribution in [1.82, 2.24) is 9.88 Å². The van der Waals surface area contributed by atoms with Crippen molar-refractivity contribution in [2.45, 2.75) is 6.42 Å². The molecule has 0 aliphatic carbocycles. The zero-order chi connectivity index (χ0) is 16.0. The third-order valence-electron chi connectivity index (χ3n) is 5.18. The monoisotopic (exact) mass is 314 g/mol. The van der Waals surface area contributed by atoms with E-state index >= 15 is 0 Å². The maximum Gasteiger partial charge on any atom is 0.311 e. The maximum atomic E-state index is 12.8. The van der Waals surface area contributed by atoms with Gasteiger partial charge in [-0.2, -0.15) is 0 Å². The number of para-hydroxylation sites is 1. The number of nitrogens with zero attached hydrogens (tertiary/aromatic N) is 1. The van der Waals surface area contributed by atoms with Gasteiger partial charge in [-0.3, -0.25) is 9.59 Å². The van der Waals surface area contributed by atoms with Gasteiger partial charge in [0.25, 0.3) is 5.91 Å². The summed E-state index contributed by atoms with van der Waals surface area (Å²) in [7, 11) is 0. The molecule has 1 aromatic carbocycles.